The van der Waals surface area contributed by atoms with Gasteiger partial charge in [0, 0.05) is 25.2 Å². The van der Waals surface area contributed by atoms with Gasteiger partial charge in [-0.05, 0) is 59.5 Å². The number of rotatable bonds is 2. The second-order valence-electron chi connectivity index (χ2n) is 7.31. The van der Waals surface area contributed by atoms with Gasteiger partial charge in [-0.25, -0.2) is 4.79 Å². The highest BCUT2D eigenvalue weighted by Crippen LogP contribution is 2.16. The molecule has 0 aromatic heterocycles. The summed E-state index contributed by atoms with van der Waals surface area (Å²) in [6.07, 6.45) is 5.61. The predicted molar refractivity (Wildman–Crippen MR) is 84.5 cm³/mol. The van der Waals surface area contributed by atoms with Crippen LogP contribution in [0.5, 0.6) is 0 Å². The minimum atomic E-state index is -0.415. The summed E-state index contributed by atoms with van der Waals surface area (Å²) in [6.45, 7) is 9.56. The molecule has 0 aromatic rings. The number of carbonyl (C=O) groups is 1. The largest absolute Gasteiger partial charge is 0.444 e. The monoisotopic (exact) mass is 297 g/mol. The number of hydrogen-bond donors (Lipinski definition) is 2. The van der Waals surface area contributed by atoms with Crippen LogP contribution in [-0.2, 0) is 4.74 Å². The summed E-state index contributed by atoms with van der Waals surface area (Å²) < 4.78 is 5.52. The van der Waals surface area contributed by atoms with E-state index in [0.29, 0.717) is 12.1 Å². The number of carbonyl (C=O) groups excluding carboxylic acids is 1. The lowest BCUT2D eigenvalue weighted by Gasteiger charge is -2.32. The van der Waals surface area contributed by atoms with Crippen LogP contribution in [0.25, 0.3) is 0 Å². The van der Waals surface area contributed by atoms with Crippen molar-refractivity contribution < 1.29 is 9.53 Å². The van der Waals surface area contributed by atoms with Gasteiger partial charge in [0.2, 0.25) is 0 Å². The van der Waals surface area contributed by atoms with E-state index in [4.69, 9.17) is 4.74 Å². The van der Waals surface area contributed by atoms with Gasteiger partial charge >= 0.3 is 6.09 Å². The van der Waals surface area contributed by atoms with Crippen LogP contribution in [0.3, 0.4) is 0 Å². The number of piperidine rings is 1. The third kappa shape index (κ3) is 5.83. The van der Waals surface area contributed by atoms with E-state index in [1.807, 2.05) is 25.7 Å². The smallest absolute Gasteiger partial charge is 0.410 e. The van der Waals surface area contributed by atoms with Crippen molar-refractivity contribution in [2.45, 2.75) is 70.6 Å². The van der Waals surface area contributed by atoms with Gasteiger partial charge in [0.15, 0.2) is 0 Å². The number of nitrogens with zero attached hydrogens (tertiary/aromatic N) is 1. The molecule has 2 N–H and O–H groups in total. The van der Waals surface area contributed by atoms with E-state index in [2.05, 4.69) is 10.6 Å². The van der Waals surface area contributed by atoms with Crippen molar-refractivity contribution in [2.24, 2.45) is 0 Å². The maximum atomic E-state index is 12.3. The molecule has 2 saturated heterocycles. The normalized spacial score (nSPS) is 25.5. The summed E-state index contributed by atoms with van der Waals surface area (Å²) in [5, 5.41) is 7.15. The molecule has 0 bridgehead atoms. The van der Waals surface area contributed by atoms with E-state index in [-0.39, 0.29) is 6.09 Å². The Morgan fingerprint density at radius 1 is 1.14 bits per heavy atom. The zero-order chi connectivity index (χ0) is 15.3. The molecular weight excluding hydrogens is 266 g/mol. The first kappa shape index (κ1) is 16.6. The van der Waals surface area contributed by atoms with Crippen LogP contribution in [0.4, 0.5) is 4.79 Å². The molecule has 0 aromatic carbocycles. The lowest BCUT2D eigenvalue weighted by Crippen LogP contribution is -2.49. The lowest BCUT2D eigenvalue weighted by atomic mass is 10.0. The van der Waals surface area contributed by atoms with Gasteiger partial charge in [-0.2, -0.15) is 0 Å². The Balaban J connectivity index is 1.86. The molecule has 0 radical (unpaired) electrons. The molecule has 1 atom stereocenters. The molecule has 2 fully saturated rings. The van der Waals surface area contributed by atoms with Gasteiger partial charge in [0.05, 0.1) is 0 Å². The number of ether oxygens (including phenoxy) is 1. The lowest BCUT2D eigenvalue weighted by molar-refractivity contribution is 0.0241. The summed E-state index contributed by atoms with van der Waals surface area (Å²) in [7, 11) is 0. The van der Waals surface area contributed by atoms with Crippen molar-refractivity contribution in [3.05, 3.63) is 0 Å². The minimum absolute atomic E-state index is 0.165. The molecule has 1 amide bonds. The molecule has 2 aliphatic rings. The SMILES string of the molecule is CC(C)(C)OC(=O)N1CCCCC(NC2CCNCC2)C1. The Bertz CT molecular complexity index is 335. The molecule has 0 spiro atoms. The van der Waals surface area contributed by atoms with Crippen molar-refractivity contribution >= 4 is 6.09 Å². The molecule has 2 rings (SSSR count). The zero-order valence-corrected chi connectivity index (χ0v) is 13.8. The fourth-order valence-corrected chi connectivity index (χ4v) is 3.09. The maximum Gasteiger partial charge on any atom is 0.410 e. The highest BCUT2D eigenvalue weighted by molar-refractivity contribution is 5.68. The molecule has 1 unspecified atom stereocenters. The Hall–Kier alpha value is -0.810. The van der Waals surface area contributed by atoms with E-state index in [1.165, 1.54) is 19.3 Å². The first-order valence-electron chi connectivity index (χ1n) is 8.39. The van der Waals surface area contributed by atoms with Crippen LogP contribution in [-0.4, -0.2) is 54.9 Å². The van der Waals surface area contributed by atoms with Crippen LogP contribution < -0.4 is 10.6 Å². The molecule has 2 heterocycles. The third-order valence-corrected chi connectivity index (χ3v) is 4.13. The Morgan fingerprint density at radius 3 is 2.52 bits per heavy atom. The Kier molecular flexibility index (Phi) is 5.88. The van der Waals surface area contributed by atoms with Crippen molar-refractivity contribution in [1.29, 1.82) is 0 Å². The van der Waals surface area contributed by atoms with E-state index >= 15 is 0 Å². The number of hydrogen-bond acceptors (Lipinski definition) is 4. The zero-order valence-electron chi connectivity index (χ0n) is 13.8. The molecule has 21 heavy (non-hydrogen) atoms. The standard InChI is InChI=1S/C16H31N3O2/c1-16(2,3)21-15(20)19-11-5-4-6-14(12-19)18-13-7-9-17-10-8-13/h13-14,17-18H,4-12H2,1-3H3. The van der Waals surface area contributed by atoms with E-state index in [0.717, 1.165) is 39.0 Å². The number of nitrogens with one attached hydrogen (secondary N) is 2. The third-order valence-electron chi connectivity index (χ3n) is 4.13. The predicted octanol–water partition coefficient (Wildman–Crippen LogP) is 2.12. The van der Waals surface area contributed by atoms with E-state index in [9.17, 15) is 4.79 Å². The molecule has 122 valence electrons. The first-order valence-corrected chi connectivity index (χ1v) is 8.39. The van der Waals surface area contributed by atoms with Crippen molar-refractivity contribution in [3.63, 3.8) is 0 Å². The summed E-state index contributed by atoms with van der Waals surface area (Å²) >= 11 is 0. The topological polar surface area (TPSA) is 53.6 Å². The van der Waals surface area contributed by atoms with Gasteiger partial charge in [0.25, 0.3) is 0 Å². The maximum absolute atomic E-state index is 12.3. The molecule has 5 nitrogen and oxygen atoms in total. The molecular formula is C16H31N3O2. The van der Waals surface area contributed by atoms with Gasteiger partial charge in [-0.1, -0.05) is 6.42 Å². The fourth-order valence-electron chi connectivity index (χ4n) is 3.09. The van der Waals surface area contributed by atoms with Crippen LogP contribution in [0.15, 0.2) is 0 Å². The van der Waals surface area contributed by atoms with Gasteiger partial charge in [-0.3, -0.25) is 0 Å². The summed E-state index contributed by atoms with van der Waals surface area (Å²) in [5.41, 5.74) is -0.415. The van der Waals surface area contributed by atoms with E-state index < -0.39 is 5.60 Å². The highest BCUT2D eigenvalue weighted by Gasteiger charge is 2.27. The van der Waals surface area contributed by atoms with Crippen molar-refractivity contribution in [1.82, 2.24) is 15.5 Å². The summed E-state index contributed by atoms with van der Waals surface area (Å²) in [5.74, 6) is 0. The van der Waals surface area contributed by atoms with Crippen molar-refractivity contribution in [2.75, 3.05) is 26.2 Å². The fraction of sp³-hybridized carbons (Fsp3) is 0.938. The second-order valence-corrected chi connectivity index (χ2v) is 7.31. The Labute approximate surface area is 128 Å². The van der Waals surface area contributed by atoms with Crippen LogP contribution in [0.2, 0.25) is 0 Å². The molecule has 0 aliphatic carbocycles. The van der Waals surface area contributed by atoms with Gasteiger partial charge < -0.3 is 20.3 Å². The average Bonchev–Trinajstić information content (AvgIpc) is 2.64. The second kappa shape index (κ2) is 7.45. The number of amides is 1. The first-order chi connectivity index (χ1) is 9.94. The summed E-state index contributed by atoms with van der Waals surface area (Å²) in [6, 6.07) is 0.998. The Morgan fingerprint density at radius 2 is 1.86 bits per heavy atom. The van der Waals surface area contributed by atoms with Crippen molar-refractivity contribution in [3.8, 4) is 0 Å². The quantitative estimate of drug-likeness (QED) is 0.820. The van der Waals surface area contributed by atoms with Gasteiger partial charge in [-0.15, -0.1) is 0 Å². The van der Waals surface area contributed by atoms with E-state index in [1.54, 1.807) is 0 Å². The van der Waals surface area contributed by atoms with Crippen LogP contribution >= 0.6 is 0 Å². The van der Waals surface area contributed by atoms with Gasteiger partial charge in [0.1, 0.15) is 5.60 Å². The average molecular weight is 297 g/mol. The van der Waals surface area contributed by atoms with Crippen LogP contribution in [0.1, 0.15) is 52.9 Å². The molecule has 2 aliphatic heterocycles. The number of likely N-dealkylation sites (tertiary alicyclic amines) is 1. The highest BCUT2D eigenvalue weighted by atomic mass is 16.6. The summed E-state index contributed by atoms with van der Waals surface area (Å²) in [4.78, 5) is 14.2. The molecule has 5 heteroatoms. The van der Waals surface area contributed by atoms with Crippen LogP contribution in [0, 0.1) is 0 Å². The minimum Gasteiger partial charge on any atom is -0.444 e. The molecule has 0 saturated carbocycles.